The van der Waals surface area contributed by atoms with Gasteiger partial charge in [0, 0.05) is 18.9 Å². The van der Waals surface area contributed by atoms with Gasteiger partial charge in [0.15, 0.2) is 11.6 Å². The van der Waals surface area contributed by atoms with Crippen molar-refractivity contribution in [2.45, 2.75) is 32.0 Å². The summed E-state index contributed by atoms with van der Waals surface area (Å²) < 4.78 is 43.7. The standard InChI is InChI=1S/C15H14F3N3O2/c16-10-7-9(1-2-12(10)23-15(17)18)8-13(22)20-11-3-5-21-6-4-19-14(11)21/h1-2,4,6-7,11,15H,3,5,8H2,(H,20,22)/t11-/m0/s1. The number of nitrogens with zero attached hydrogens (tertiary/aromatic N) is 2. The summed E-state index contributed by atoms with van der Waals surface area (Å²) in [5, 5.41) is 2.84. The third-order valence-corrected chi connectivity index (χ3v) is 3.63. The molecule has 0 unspecified atom stereocenters. The number of hydrogen-bond donors (Lipinski definition) is 1. The maximum atomic E-state index is 13.6. The summed E-state index contributed by atoms with van der Waals surface area (Å²) in [4.78, 5) is 16.2. The van der Waals surface area contributed by atoms with E-state index >= 15 is 0 Å². The van der Waals surface area contributed by atoms with E-state index in [9.17, 15) is 18.0 Å². The van der Waals surface area contributed by atoms with Gasteiger partial charge in [0.05, 0.1) is 12.5 Å². The number of halogens is 3. The van der Waals surface area contributed by atoms with Crippen LogP contribution >= 0.6 is 0 Å². The van der Waals surface area contributed by atoms with E-state index in [1.165, 1.54) is 6.07 Å². The molecule has 5 nitrogen and oxygen atoms in total. The Hall–Kier alpha value is -2.51. The predicted octanol–water partition coefficient (Wildman–Crippen LogP) is 2.43. The molecule has 3 rings (SSSR count). The summed E-state index contributed by atoms with van der Waals surface area (Å²) in [6.45, 7) is -2.31. The van der Waals surface area contributed by atoms with Crippen LogP contribution in [-0.4, -0.2) is 22.1 Å². The average molecular weight is 325 g/mol. The third-order valence-electron chi connectivity index (χ3n) is 3.63. The molecule has 2 heterocycles. The summed E-state index contributed by atoms with van der Waals surface area (Å²) >= 11 is 0. The van der Waals surface area contributed by atoms with E-state index in [0.717, 1.165) is 30.9 Å². The molecule has 0 aliphatic carbocycles. The van der Waals surface area contributed by atoms with Crippen molar-refractivity contribution in [2.24, 2.45) is 0 Å². The fourth-order valence-corrected chi connectivity index (χ4v) is 2.63. The van der Waals surface area contributed by atoms with Crippen molar-refractivity contribution in [1.29, 1.82) is 0 Å². The molecule has 2 aromatic rings. The molecule has 0 bridgehead atoms. The van der Waals surface area contributed by atoms with Crippen LogP contribution in [0.4, 0.5) is 13.2 Å². The second kappa shape index (κ2) is 6.31. The Bertz CT molecular complexity index is 718. The quantitative estimate of drug-likeness (QED) is 0.918. The third kappa shape index (κ3) is 3.46. The van der Waals surface area contributed by atoms with Crippen molar-refractivity contribution < 1.29 is 22.7 Å². The number of carbonyl (C=O) groups excluding carboxylic acids is 1. The molecule has 1 aliphatic heterocycles. The number of amides is 1. The topological polar surface area (TPSA) is 56.1 Å². The summed E-state index contributed by atoms with van der Waals surface area (Å²) in [5.41, 5.74) is 0.378. The summed E-state index contributed by atoms with van der Waals surface area (Å²) in [5.74, 6) is -0.951. The van der Waals surface area contributed by atoms with Crippen molar-refractivity contribution in [2.75, 3.05) is 0 Å². The first-order chi connectivity index (χ1) is 11.0. The van der Waals surface area contributed by atoms with Crippen molar-refractivity contribution in [3.05, 3.63) is 47.8 Å². The predicted molar refractivity (Wildman–Crippen MR) is 74.5 cm³/mol. The van der Waals surface area contributed by atoms with Crippen LogP contribution in [0.25, 0.3) is 0 Å². The number of fused-ring (bicyclic) bond motifs is 1. The van der Waals surface area contributed by atoms with Gasteiger partial charge in [0.2, 0.25) is 5.91 Å². The molecule has 0 fully saturated rings. The zero-order valence-corrected chi connectivity index (χ0v) is 12.0. The lowest BCUT2D eigenvalue weighted by Crippen LogP contribution is -2.29. The number of alkyl halides is 2. The Morgan fingerprint density at radius 2 is 2.30 bits per heavy atom. The van der Waals surface area contributed by atoms with E-state index in [-0.39, 0.29) is 18.4 Å². The van der Waals surface area contributed by atoms with E-state index in [0.29, 0.717) is 5.56 Å². The number of rotatable bonds is 5. The molecule has 1 N–H and O–H groups in total. The van der Waals surface area contributed by atoms with Gasteiger partial charge in [-0.15, -0.1) is 0 Å². The van der Waals surface area contributed by atoms with Gasteiger partial charge in [-0.1, -0.05) is 6.07 Å². The maximum Gasteiger partial charge on any atom is 0.387 e. The molecular weight excluding hydrogens is 311 g/mol. The SMILES string of the molecule is O=C(Cc1ccc(OC(F)F)c(F)c1)N[C@H]1CCn2ccnc21. The molecular formula is C15H14F3N3O2. The summed E-state index contributed by atoms with van der Waals surface area (Å²) in [7, 11) is 0. The van der Waals surface area contributed by atoms with Crippen LogP contribution in [-0.2, 0) is 17.8 Å². The minimum Gasteiger partial charge on any atom is -0.432 e. The number of imidazole rings is 1. The Kier molecular flexibility index (Phi) is 4.22. The van der Waals surface area contributed by atoms with Crippen molar-refractivity contribution in [3.63, 3.8) is 0 Å². The lowest BCUT2D eigenvalue weighted by molar-refractivity contribution is -0.121. The van der Waals surface area contributed by atoms with Crippen molar-refractivity contribution in [1.82, 2.24) is 14.9 Å². The fourth-order valence-electron chi connectivity index (χ4n) is 2.63. The van der Waals surface area contributed by atoms with Gasteiger partial charge in [0.25, 0.3) is 0 Å². The molecule has 122 valence electrons. The van der Waals surface area contributed by atoms with Gasteiger partial charge >= 0.3 is 6.61 Å². The number of nitrogens with one attached hydrogen (secondary N) is 1. The highest BCUT2D eigenvalue weighted by Crippen LogP contribution is 2.24. The van der Waals surface area contributed by atoms with Crippen LogP contribution in [0, 0.1) is 5.82 Å². The molecule has 1 aromatic heterocycles. The molecule has 0 radical (unpaired) electrons. The second-order valence-corrected chi connectivity index (χ2v) is 5.21. The van der Waals surface area contributed by atoms with Gasteiger partial charge in [-0.25, -0.2) is 9.37 Å². The van der Waals surface area contributed by atoms with Crippen LogP contribution in [0.2, 0.25) is 0 Å². The van der Waals surface area contributed by atoms with Gasteiger partial charge < -0.3 is 14.6 Å². The zero-order valence-electron chi connectivity index (χ0n) is 12.0. The van der Waals surface area contributed by atoms with Crippen molar-refractivity contribution in [3.8, 4) is 5.75 Å². The molecule has 0 spiro atoms. The largest absolute Gasteiger partial charge is 0.432 e. The first kappa shape index (κ1) is 15.4. The molecule has 0 saturated heterocycles. The van der Waals surface area contributed by atoms with Crippen LogP contribution in [0.15, 0.2) is 30.6 Å². The minimum atomic E-state index is -3.09. The molecule has 8 heteroatoms. The number of carbonyl (C=O) groups is 1. The minimum absolute atomic E-state index is 0.0525. The van der Waals surface area contributed by atoms with Gasteiger partial charge in [0.1, 0.15) is 5.82 Å². The molecule has 1 amide bonds. The van der Waals surface area contributed by atoms with Crippen molar-refractivity contribution >= 4 is 5.91 Å². The van der Waals surface area contributed by atoms with Crippen LogP contribution in [0.3, 0.4) is 0 Å². The summed E-state index contributed by atoms with van der Waals surface area (Å²) in [6, 6.07) is 3.33. The van der Waals surface area contributed by atoms with Gasteiger partial charge in [-0.2, -0.15) is 8.78 Å². The zero-order chi connectivity index (χ0) is 16.4. The molecule has 1 atom stereocenters. The smallest absolute Gasteiger partial charge is 0.387 e. The lowest BCUT2D eigenvalue weighted by atomic mass is 10.1. The monoisotopic (exact) mass is 325 g/mol. The maximum absolute atomic E-state index is 13.6. The number of aryl methyl sites for hydroxylation is 1. The van der Waals surface area contributed by atoms with Crippen LogP contribution in [0.5, 0.6) is 5.75 Å². The van der Waals surface area contributed by atoms with E-state index in [1.54, 1.807) is 6.20 Å². The van der Waals surface area contributed by atoms with E-state index in [1.807, 2.05) is 10.8 Å². The fraction of sp³-hybridized carbons (Fsp3) is 0.333. The Balaban J connectivity index is 1.61. The highest BCUT2D eigenvalue weighted by molar-refractivity contribution is 5.79. The molecule has 1 aromatic carbocycles. The second-order valence-electron chi connectivity index (χ2n) is 5.21. The normalized spacial score (nSPS) is 16.4. The van der Waals surface area contributed by atoms with Gasteiger partial charge in [-0.3, -0.25) is 4.79 Å². The van der Waals surface area contributed by atoms with E-state index in [4.69, 9.17) is 0 Å². The Morgan fingerprint density at radius 3 is 3.04 bits per heavy atom. The molecule has 0 saturated carbocycles. The molecule has 23 heavy (non-hydrogen) atoms. The highest BCUT2D eigenvalue weighted by Gasteiger charge is 2.25. The average Bonchev–Trinajstić information content (AvgIpc) is 3.06. The van der Waals surface area contributed by atoms with Crippen LogP contribution < -0.4 is 10.1 Å². The number of benzene rings is 1. The number of hydrogen-bond acceptors (Lipinski definition) is 3. The first-order valence-electron chi connectivity index (χ1n) is 7.06. The Labute approximate surface area is 130 Å². The number of ether oxygens (including phenoxy) is 1. The lowest BCUT2D eigenvalue weighted by Gasteiger charge is -2.12. The highest BCUT2D eigenvalue weighted by atomic mass is 19.3. The van der Waals surface area contributed by atoms with E-state index in [2.05, 4.69) is 15.0 Å². The number of aromatic nitrogens is 2. The Morgan fingerprint density at radius 1 is 1.48 bits per heavy atom. The first-order valence-corrected chi connectivity index (χ1v) is 7.06. The van der Waals surface area contributed by atoms with Crippen LogP contribution in [0.1, 0.15) is 23.9 Å². The van der Waals surface area contributed by atoms with Gasteiger partial charge in [-0.05, 0) is 24.1 Å². The molecule has 1 aliphatic rings. The summed E-state index contributed by atoms with van der Waals surface area (Å²) in [6.07, 6.45) is 4.22. The van der Waals surface area contributed by atoms with E-state index < -0.39 is 18.2 Å².